The summed E-state index contributed by atoms with van der Waals surface area (Å²) in [5, 5.41) is 3.57. The van der Waals surface area contributed by atoms with Gasteiger partial charge in [0.1, 0.15) is 0 Å². The summed E-state index contributed by atoms with van der Waals surface area (Å²) in [6.07, 6.45) is 2.16. The van der Waals surface area contributed by atoms with Crippen LogP contribution < -0.4 is 5.32 Å². The van der Waals surface area contributed by atoms with E-state index >= 15 is 0 Å². The van der Waals surface area contributed by atoms with Crippen LogP contribution in [0.4, 0.5) is 5.69 Å². The van der Waals surface area contributed by atoms with E-state index in [0.717, 1.165) is 19.4 Å². The second-order valence-corrected chi connectivity index (χ2v) is 5.97. The lowest BCUT2D eigenvalue weighted by Gasteiger charge is -2.12. The zero-order valence-corrected chi connectivity index (χ0v) is 13.6. The van der Waals surface area contributed by atoms with Crippen molar-refractivity contribution in [2.75, 3.05) is 5.32 Å². The summed E-state index contributed by atoms with van der Waals surface area (Å²) >= 11 is 0. The maximum Gasteiger partial charge on any atom is 0.0400 e. The topological polar surface area (TPSA) is 12.0 Å². The number of anilines is 1. The average Bonchev–Trinajstić information content (AvgIpc) is 2.62. The molecule has 3 aromatic carbocycles. The van der Waals surface area contributed by atoms with Crippen molar-refractivity contribution in [3.05, 3.63) is 101 Å². The molecule has 0 saturated carbocycles. The van der Waals surface area contributed by atoms with E-state index in [4.69, 9.17) is 0 Å². The van der Waals surface area contributed by atoms with Crippen LogP contribution in [0, 0.1) is 6.92 Å². The molecule has 0 aliphatic carbocycles. The molecule has 0 radical (unpaired) electrons. The monoisotopic (exact) mass is 301 g/mol. The minimum absolute atomic E-state index is 0.865. The van der Waals surface area contributed by atoms with Gasteiger partial charge >= 0.3 is 0 Å². The Labute approximate surface area is 139 Å². The molecule has 1 nitrogen and oxygen atoms in total. The highest BCUT2D eigenvalue weighted by Gasteiger charge is 2.02. The van der Waals surface area contributed by atoms with Crippen LogP contribution in [0.3, 0.4) is 0 Å². The largest absolute Gasteiger partial charge is 0.381 e. The van der Waals surface area contributed by atoms with Crippen molar-refractivity contribution in [2.24, 2.45) is 0 Å². The minimum atomic E-state index is 0.865. The molecule has 3 aromatic rings. The first-order valence-electron chi connectivity index (χ1n) is 8.22. The Morgan fingerprint density at radius 1 is 0.652 bits per heavy atom. The first kappa shape index (κ1) is 15.4. The third kappa shape index (κ3) is 4.46. The molecule has 0 amide bonds. The molecule has 0 aromatic heterocycles. The van der Waals surface area contributed by atoms with Gasteiger partial charge in [-0.3, -0.25) is 0 Å². The minimum Gasteiger partial charge on any atom is -0.381 e. The Hall–Kier alpha value is -2.54. The molecule has 1 heteroatoms. The lowest BCUT2D eigenvalue weighted by Crippen LogP contribution is -2.02. The van der Waals surface area contributed by atoms with Gasteiger partial charge in [-0.1, -0.05) is 72.8 Å². The molecular formula is C22H23N. The maximum atomic E-state index is 3.57. The number of benzene rings is 3. The standard InChI is InChI=1S/C22H23N/c1-18-12-13-20(15-14-19-8-4-2-5-9-19)16-22(18)23-17-21-10-6-3-7-11-21/h2-13,16,23H,14-15,17H2,1H3. The first-order valence-corrected chi connectivity index (χ1v) is 8.22. The van der Waals surface area contributed by atoms with Gasteiger partial charge in [-0.05, 0) is 48.1 Å². The summed E-state index contributed by atoms with van der Waals surface area (Å²) in [6, 6.07) is 28.0. The predicted octanol–water partition coefficient (Wildman–Crippen LogP) is 5.39. The van der Waals surface area contributed by atoms with Crippen molar-refractivity contribution in [3.63, 3.8) is 0 Å². The Balaban J connectivity index is 1.64. The van der Waals surface area contributed by atoms with Crippen LogP contribution in [0.15, 0.2) is 78.9 Å². The van der Waals surface area contributed by atoms with Crippen LogP contribution in [0.2, 0.25) is 0 Å². The van der Waals surface area contributed by atoms with Crippen LogP contribution >= 0.6 is 0 Å². The van der Waals surface area contributed by atoms with Gasteiger partial charge in [-0.25, -0.2) is 0 Å². The average molecular weight is 301 g/mol. The third-order valence-electron chi connectivity index (χ3n) is 4.17. The molecule has 0 fully saturated rings. The molecule has 1 N–H and O–H groups in total. The number of hydrogen-bond donors (Lipinski definition) is 1. The van der Waals surface area contributed by atoms with Crippen molar-refractivity contribution < 1.29 is 0 Å². The zero-order chi connectivity index (χ0) is 15.9. The van der Waals surface area contributed by atoms with E-state index in [9.17, 15) is 0 Å². The van der Waals surface area contributed by atoms with Crippen molar-refractivity contribution in [1.82, 2.24) is 0 Å². The predicted molar refractivity (Wildman–Crippen MR) is 98.8 cm³/mol. The SMILES string of the molecule is Cc1ccc(CCc2ccccc2)cc1NCc1ccccc1. The third-order valence-corrected chi connectivity index (χ3v) is 4.17. The van der Waals surface area contributed by atoms with Gasteiger partial charge in [0.25, 0.3) is 0 Å². The lowest BCUT2D eigenvalue weighted by molar-refractivity contribution is 0.958. The fourth-order valence-electron chi connectivity index (χ4n) is 2.74. The van der Waals surface area contributed by atoms with Crippen LogP contribution in [0.25, 0.3) is 0 Å². The van der Waals surface area contributed by atoms with Crippen molar-refractivity contribution in [2.45, 2.75) is 26.3 Å². The second kappa shape index (κ2) is 7.64. The highest BCUT2D eigenvalue weighted by Crippen LogP contribution is 2.19. The fourth-order valence-corrected chi connectivity index (χ4v) is 2.74. The van der Waals surface area contributed by atoms with Gasteiger partial charge in [-0.2, -0.15) is 0 Å². The molecule has 0 unspecified atom stereocenters. The summed E-state index contributed by atoms with van der Waals surface area (Å²) in [5.41, 5.74) is 6.62. The van der Waals surface area contributed by atoms with E-state index in [1.165, 1.54) is 27.9 Å². The summed E-state index contributed by atoms with van der Waals surface area (Å²) in [5.74, 6) is 0. The Bertz CT molecular complexity index is 732. The van der Waals surface area contributed by atoms with Gasteiger partial charge in [0.2, 0.25) is 0 Å². The van der Waals surface area contributed by atoms with Gasteiger partial charge < -0.3 is 5.32 Å². The van der Waals surface area contributed by atoms with E-state index in [-0.39, 0.29) is 0 Å². The molecular weight excluding hydrogens is 278 g/mol. The molecule has 0 atom stereocenters. The van der Waals surface area contributed by atoms with E-state index in [1.54, 1.807) is 0 Å². The summed E-state index contributed by atoms with van der Waals surface area (Å²) in [4.78, 5) is 0. The van der Waals surface area contributed by atoms with Crippen LogP contribution in [-0.2, 0) is 19.4 Å². The van der Waals surface area contributed by atoms with E-state index < -0.39 is 0 Å². The first-order chi connectivity index (χ1) is 11.3. The Morgan fingerprint density at radius 2 is 1.26 bits per heavy atom. The summed E-state index contributed by atoms with van der Waals surface area (Å²) in [7, 11) is 0. The molecule has 23 heavy (non-hydrogen) atoms. The molecule has 0 aliphatic rings. The lowest BCUT2D eigenvalue weighted by atomic mass is 10.0. The van der Waals surface area contributed by atoms with Gasteiger partial charge in [-0.15, -0.1) is 0 Å². The second-order valence-electron chi connectivity index (χ2n) is 5.97. The molecule has 0 aliphatic heterocycles. The maximum absolute atomic E-state index is 3.57. The normalized spacial score (nSPS) is 10.5. The molecule has 116 valence electrons. The van der Waals surface area contributed by atoms with Crippen LogP contribution in [-0.4, -0.2) is 0 Å². The number of rotatable bonds is 6. The van der Waals surface area contributed by atoms with Crippen molar-refractivity contribution in [3.8, 4) is 0 Å². The number of hydrogen-bond acceptors (Lipinski definition) is 1. The smallest absolute Gasteiger partial charge is 0.0400 e. The zero-order valence-electron chi connectivity index (χ0n) is 13.6. The van der Waals surface area contributed by atoms with Crippen molar-refractivity contribution >= 4 is 5.69 Å². The molecule has 0 saturated heterocycles. The molecule has 0 spiro atoms. The summed E-state index contributed by atoms with van der Waals surface area (Å²) in [6.45, 7) is 3.03. The highest BCUT2D eigenvalue weighted by molar-refractivity contribution is 5.53. The van der Waals surface area contributed by atoms with E-state index in [2.05, 4.69) is 91.1 Å². The van der Waals surface area contributed by atoms with Gasteiger partial charge in [0.05, 0.1) is 0 Å². The van der Waals surface area contributed by atoms with E-state index in [1.807, 2.05) is 0 Å². The van der Waals surface area contributed by atoms with Crippen LogP contribution in [0.1, 0.15) is 22.3 Å². The fraction of sp³-hybridized carbons (Fsp3) is 0.182. The van der Waals surface area contributed by atoms with Crippen LogP contribution in [0.5, 0.6) is 0 Å². The van der Waals surface area contributed by atoms with Gasteiger partial charge in [0.15, 0.2) is 0 Å². The molecule has 0 bridgehead atoms. The summed E-state index contributed by atoms with van der Waals surface area (Å²) < 4.78 is 0. The quantitative estimate of drug-likeness (QED) is 0.643. The Kier molecular flexibility index (Phi) is 5.10. The van der Waals surface area contributed by atoms with Crippen molar-refractivity contribution in [1.29, 1.82) is 0 Å². The highest BCUT2D eigenvalue weighted by atomic mass is 14.9. The number of nitrogens with one attached hydrogen (secondary N) is 1. The van der Waals surface area contributed by atoms with Gasteiger partial charge in [0, 0.05) is 12.2 Å². The number of aryl methyl sites for hydroxylation is 3. The molecule has 0 heterocycles. The molecule has 3 rings (SSSR count). The Morgan fingerprint density at radius 3 is 1.96 bits per heavy atom. The van der Waals surface area contributed by atoms with E-state index in [0.29, 0.717) is 0 Å².